The highest BCUT2D eigenvalue weighted by molar-refractivity contribution is 7.09. The summed E-state index contributed by atoms with van der Waals surface area (Å²) < 4.78 is 0. The first-order valence-electron chi connectivity index (χ1n) is 5.99. The highest BCUT2D eigenvalue weighted by Crippen LogP contribution is 2.30. The SMILES string of the molecule is C[C@H](c1ccccc1)c1csc(C(C)(C)C)n1. The van der Waals surface area contributed by atoms with Crippen molar-refractivity contribution < 1.29 is 0 Å². The molecule has 0 aliphatic rings. The zero-order chi connectivity index (χ0) is 12.5. The van der Waals surface area contributed by atoms with Crippen LogP contribution in [0.3, 0.4) is 0 Å². The van der Waals surface area contributed by atoms with Gasteiger partial charge < -0.3 is 0 Å². The number of hydrogen-bond donors (Lipinski definition) is 0. The topological polar surface area (TPSA) is 12.9 Å². The third-order valence-corrected chi connectivity index (χ3v) is 4.19. The van der Waals surface area contributed by atoms with E-state index in [0.717, 1.165) is 0 Å². The summed E-state index contributed by atoms with van der Waals surface area (Å²) >= 11 is 1.77. The van der Waals surface area contributed by atoms with E-state index in [9.17, 15) is 0 Å². The van der Waals surface area contributed by atoms with Crippen molar-refractivity contribution in [3.8, 4) is 0 Å². The van der Waals surface area contributed by atoms with E-state index in [4.69, 9.17) is 4.98 Å². The molecule has 1 heterocycles. The molecule has 90 valence electrons. The second-order valence-corrected chi connectivity index (χ2v) is 6.32. The third-order valence-electron chi connectivity index (χ3n) is 2.91. The van der Waals surface area contributed by atoms with Gasteiger partial charge in [0.25, 0.3) is 0 Å². The molecule has 0 amide bonds. The number of aromatic nitrogens is 1. The first-order valence-corrected chi connectivity index (χ1v) is 6.87. The Kier molecular flexibility index (Phi) is 3.34. The molecule has 2 heteroatoms. The van der Waals surface area contributed by atoms with Gasteiger partial charge in [0.1, 0.15) is 0 Å². The van der Waals surface area contributed by atoms with Crippen molar-refractivity contribution in [1.29, 1.82) is 0 Å². The molecule has 0 saturated carbocycles. The Morgan fingerprint density at radius 2 is 1.76 bits per heavy atom. The molecular weight excluding hydrogens is 226 g/mol. The molecular formula is C15H19NS. The number of hydrogen-bond acceptors (Lipinski definition) is 2. The van der Waals surface area contributed by atoms with Gasteiger partial charge in [0, 0.05) is 16.7 Å². The number of thiazole rings is 1. The van der Waals surface area contributed by atoms with Gasteiger partial charge in [-0.1, -0.05) is 58.0 Å². The minimum Gasteiger partial charge on any atom is -0.245 e. The van der Waals surface area contributed by atoms with Crippen LogP contribution in [0.25, 0.3) is 0 Å². The maximum Gasteiger partial charge on any atom is 0.0982 e. The predicted molar refractivity (Wildman–Crippen MR) is 74.8 cm³/mol. The maximum absolute atomic E-state index is 4.78. The second kappa shape index (κ2) is 4.61. The highest BCUT2D eigenvalue weighted by atomic mass is 32.1. The van der Waals surface area contributed by atoms with Crippen molar-refractivity contribution in [2.24, 2.45) is 0 Å². The summed E-state index contributed by atoms with van der Waals surface area (Å²) in [6.45, 7) is 8.85. The summed E-state index contributed by atoms with van der Waals surface area (Å²) in [5, 5.41) is 3.41. The molecule has 0 saturated heterocycles. The summed E-state index contributed by atoms with van der Waals surface area (Å²) in [5.41, 5.74) is 2.67. The van der Waals surface area contributed by atoms with Gasteiger partial charge in [-0.15, -0.1) is 11.3 Å². The monoisotopic (exact) mass is 245 g/mol. The van der Waals surface area contributed by atoms with Crippen LogP contribution in [-0.4, -0.2) is 4.98 Å². The van der Waals surface area contributed by atoms with Crippen molar-refractivity contribution in [3.05, 3.63) is 52.0 Å². The Bertz CT molecular complexity index is 479. The zero-order valence-corrected chi connectivity index (χ0v) is 11.7. The average Bonchev–Trinajstić information content (AvgIpc) is 2.78. The lowest BCUT2D eigenvalue weighted by molar-refractivity contribution is 0.582. The number of nitrogens with zero attached hydrogens (tertiary/aromatic N) is 1. The Morgan fingerprint density at radius 3 is 2.29 bits per heavy atom. The lowest BCUT2D eigenvalue weighted by atomic mass is 9.96. The predicted octanol–water partition coefficient (Wildman–Crippen LogP) is 4.59. The molecule has 0 bridgehead atoms. The molecule has 0 fully saturated rings. The van der Waals surface area contributed by atoms with E-state index in [-0.39, 0.29) is 5.41 Å². The number of rotatable bonds is 2. The molecule has 0 aliphatic carbocycles. The van der Waals surface area contributed by atoms with Crippen LogP contribution in [0.4, 0.5) is 0 Å². The van der Waals surface area contributed by atoms with Gasteiger partial charge >= 0.3 is 0 Å². The van der Waals surface area contributed by atoms with E-state index in [0.29, 0.717) is 5.92 Å². The summed E-state index contributed by atoms with van der Waals surface area (Å²) in [4.78, 5) is 4.78. The summed E-state index contributed by atoms with van der Waals surface area (Å²) in [6, 6.07) is 10.6. The van der Waals surface area contributed by atoms with Crippen LogP contribution in [0.5, 0.6) is 0 Å². The van der Waals surface area contributed by atoms with Gasteiger partial charge in [0.2, 0.25) is 0 Å². The van der Waals surface area contributed by atoms with E-state index in [2.05, 4.69) is 63.4 Å². The van der Waals surface area contributed by atoms with E-state index >= 15 is 0 Å². The highest BCUT2D eigenvalue weighted by Gasteiger charge is 2.20. The Morgan fingerprint density at radius 1 is 1.12 bits per heavy atom. The van der Waals surface area contributed by atoms with Crippen molar-refractivity contribution in [2.75, 3.05) is 0 Å². The van der Waals surface area contributed by atoms with Gasteiger partial charge in [0.05, 0.1) is 10.7 Å². The van der Waals surface area contributed by atoms with Crippen molar-refractivity contribution in [3.63, 3.8) is 0 Å². The summed E-state index contributed by atoms with van der Waals surface area (Å²) in [7, 11) is 0. The molecule has 2 rings (SSSR count). The van der Waals surface area contributed by atoms with Crippen molar-refractivity contribution in [2.45, 2.75) is 39.0 Å². The lowest BCUT2D eigenvalue weighted by Crippen LogP contribution is -2.10. The van der Waals surface area contributed by atoms with E-state index in [1.54, 1.807) is 11.3 Å². The minimum atomic E-state index is 0.152. The van der Waals surface area contributed by atoms with Crippen LogP contribution in [0, 0.1) is 0 Å². The summed E-state index contributed by atoms with van der Waals surface area (Å²) in [5.74, 6) is 0.378. The fourth-order valence-electron chi connectivity index (χ4n) is 1.74. The average molecular weight is 245 g/mol. The van der Waals surface area contributed by atoms with Crippen molar-refractivity contribution >= 4 is 11.3 Å². The second-order valence-electron chi connectivity index (χ2n) is 5.46. The largest absolute Gasteiger partial charge is 0.245 e. The smallest absolute Gasteiger partial charge is 0.0982 e. The fourth-order valence-corrected chi connectivity index (χ4v) is 2.74. The fraction of sp³-hybridized carbons (Fsp3) is 0.400. The van der Waals surface area contributed by atoms with Crippen LogP contribution in [0.2, 0.25) is 0 Å². The Labute approximate surface area is 108 Å². The van der Waals surface area contributed by atoms with Crippen LogP contribution in [-0.2, 0) is 5.41 Å². The third kappa shape index (κ3) is 2.75. The molecule has 1 aromatic carbocycles. The number of benzene rings is 1. The molecule has 0 N–H and O–H groups in total. The van der Waals surface area contributed by atoms with Gasteiger partial charge in [0.15, 0.2) is 0 Å². The molecule has 0 aliphatic heterocycles. The van der Waals surface area contributed by atoms with Crippen LogP contribution >= 0.6 is 11.3 Å². The molecule has 0 radical (unpaired) electrons. The normalized spacial score (nSPS) is 13.6. The van der Waals surface area contributed by atoms with Gasteiger partial charge in [-0.05, 0) is 5.56 Å². The van der Waals surface area contributed by atoms with Crippen LogP contribution < -0.4 is 0 Å². The van der Waals surface area contributed by atoms with Gasteiger partial charge in [-0.3, -0.25) is 0 Å². The van der Waals surface area contributed by atoms with Crippen LogP contribution in [0.15, 0.2) is 35.7 Å². The molecule has 0 spiro atoms. The molecule has 0 unspecified atom stereocenters. The molecule has 17 heavy (non-hydrogen) atoms. The van der Waals surface area contributed by atoms with E-state index in [1.807, 2.05) is 0 Å². The quantitative estimate of drug-likeness (QED) is 0.754. The summed E-state index contributed by atoms with van der Waals surface area (Å²) in [6.07, 6.45) is 0. The molecule has 1 nitrogen and oxygen atoms in total. The lowest BCUT2D eigenvalue weighted by Gasteiger charge is -2.14. The minimum absolute atomic E-state index is 0.152. The van der Waals surface area contributed by atoms with Crippen LogP contribution in [0.1, 0.15) is 49.9 Å². The molecule has 2 aromatic rings. The maximum atomic E-state index is 4.78. The van der Waals surface area contributed by atoms with Crippen molar-refractivity contribution in [1.82, 2.24) is 4.98 Å². The van der Waals surface area contributed by atoms with Gasteiger partial charge in [-0.2, -0.15) is 0 Å². The molecule has 1 atom stereocenters. The Hall–Kier alpha value is -1.15. The zero-order valence-electron chi connectivity index (χ0n) is 10.9. The Balaban J connectivity index is 2.27. The van der Waals surface area contributed by atoms with Gasteiger partial charge in [-0.25, -0.2) is 4.98 Å². The van der Waals surface area contributed by atoms with E-state index in [1.165, 1.54) is 16.3 Å². The molecule has 1 aromatic heterocycles. The standard InChI is InChI=1S/C15H19NS/c1-11(12-8-6-5-7-9-12)13-10-17-14(16-13)15(2,3)4/h5-11H,1-4H3/t11-/m1/s1. The van der Waals surface area contributed by atoms with E-state index < -0.39 is 0 Å². The first-order chi connectivity index (χ1) is 7.98. The first kappa shape index (κ1) is 12.3.